The molecule has 2 saturated heterocycles. The summed E-state index contributed by atoms with van der Waals surface area (Å²) < 4.78 is 25.6. The van der Waals surface area contributed by atoms with Crippen molar-refractivity contribution in [3.8, 4) is 5.75 Å². The normalized spacial score (nSPS) is 20.1. The highest BCUT2D eigenvalue weighted by Crippen LogP contribution is 2.40. The van der Waals surface area contributed by atoms with Gasteiger partial charge in [0.25, 0.3) is 0 Å². The summed E-state index contributed by atoms with van der Waals surface area (Å²) in [6.07, 6.45) is 4.62. The second kappa shape index (κ2) is 12.2. The lowest BCUT2D eigenvalue weighted by Crippen LogP contribution is -2.54. The Morgan fingerprint density at radius 2 is 1.88 bits per heavy atom. The molecular weight excluding hydrogens is 541 g/mol. The Morgan fingerprint density at radius 3 is 2.57 bits per heavy atom. The number of carbonyl (C=O) groups is 2. The van der Waals surface area contributed by atoms with Gasteiger partial charge in [0.15, 0.2) is 0 Å². The number of nitrogens with zero attached hydrogens (tertiary/aromatic N) is 4. The van der Waals surface area contributed by atoms with Crippen LogP contribution in [0.2, 0.25) is 0 Å². The molecule has 0 atom stereocenters. The molecule has 0 unspecified atom stereocenters. The molecule has 2 aromatic rings. The minimum atomic E-state index is -0.584. The van der Waals surface area contributed by atoms with Gasteiger partial charge in [0.05, 0.1) is 5.71 Å². The number of ether oxygens (including phenoxy) is 2. The number of anilines is 1. The number of pyridine rings is 1. The fraction of sp³-hybridized carbons (Fsp3) is 0.548. The van der Waals surface area contributed by atoms with E-state index in [1.54, 1.807) is 12.3 Å². The first-order valence-electron chi connectivity index (χ1n) is 14.6. The topological polar surface area (TPSA) is 106 Å². The monoisotopic (exact) mass is 581 g/mol. The molecule has 0 bridgehead atoms. The summed E-state index contributed by atoms with van der Waals surface area (Å²) in [5, 5.41) is 6.86. The number of benzene rings is 1. The number of fused-ring (bicyclic) bond motifs is 1. The Balaban J connectivity index is 1.11. The van der Waals surface area contributed by atoms with Gasteiger partial charge in [0.2, 0.25) is 5.91 Å². The van der Waals surface area contributed by atoms with Gasteiger partial charge in [-0.2, -0.15) is 0 Å². The first kappa shape index (κ1) is 29.8. The van der Waals surface area contributed by atoms with Crippen LogP contribution in [0.25, 0.3) is 0 Å². The Kier molecular flexibility index (Phi) is 8.68. The van der Waals surface area contributed by atoms with E-state index in [9.17, 15) is 14.0 Å². The lowest BCUT2D eigenvalue weighted by molar-refractivity contribution is -0.140. The quantitative estimate of drug-likeness (QED) is 0.497. The molecule has 3 aliphatic heterocycles. The Hall–Kier alpha value is -3.73. The van der Waals surface area contributed by atoms with Crippen LogP contribution in [0.3, 0.4) is 0 Å². The minimum absolute atomic E-state index is 0.00118. The highest BCUT2D eigenvalue weighted by atomic mass is 19.1. The number of carbonyl (C=O) groups excluding carboxylic acids is 2. The van der Waals surface area contributed by atoms with Crippen molar-refractivity contribution in [2.75, 3.05) is 38.6 Å². The third-order valence-corrected chi connectivity index (χ3v) is 8.05. The maximum atomic E-state index is 13.9. The molecule has 11 heteroatoms. The molecule has 0 saturated carbocycles. The molecular formula is C31H40FN5O5. The Labute approximate surface area is 246 Å². The largest absolute Gasteiger partial charge is 0.486 e. The molecule has 1 N–H and O–H groups in total. The van der Waals surface area contributed by atoms with E-state index >= 15 is 0 Å². The van der Waals surface area contributed by atoms with Crippen LogP contribution in [0.15, 0.2) is 41.7 Å². The molecule has 10 nitrogen and oxygen atoms in total. The van der Waals surface area contributed by atoms with Crippen molar-refractivity contribution in [2.45, 2.75) is 70.6 Å². The average Bonchev–Trinajstić information content (AvgIpc) is 2.93. The second-order valence-corrected chi connectivity index (χ2v) is 12.4. The summed E-state index contributed by atoms with van der Waals surface area (Å²) in [6.45, 7) is 9.02. The van der Waals surface area contributed by atoms with E-state index < -0.39 is 17.3 Å². The number of hydrogen-bond acceptors (Lipinski definition) is 8. The zero-order valence-electron chi connectivity index (χ0n) is 24.8. The fourth-order valence-electron chi connectivity index (χ4n) is 6.00. The maximum absolute atomic E-state index is 13.9. The van der Waals surface area contributed by atoms with Crippen molar-refractivity contribution in [3.05, 3.63) is 53.5 Å². The van der Waals surface area contributed by atoms with Crippen LogP contribution in [0, 0.1) is 11.7 Å². The summed E-state index contributed by atoms with van der Waals surface area (Å²) >= 11 is 0. The highest BCUT2D eigenvalue weighted by Gasteiger charge is 2.44. The van der Waals surface area contributed by atoms with Crippen LogP contribution in [0.4, 0.5) is 15.0 Å². The zero-order valence-corrected chi connectivity index (χ0v) is 24.8. The van der Waals surface area contributed by atoms with Crippen molar-refractivity contribution < 1.29 is 28.3 Å². The molecule has 1 aromatic heterocycles. The van der Waals surface area contributed by atoms with Gasteiger partial charge in [-0.25, -0.2) is 14.2 Å². The number of hydrogen-bond donors (Lipinski definition) is 1. The third kappa shape index (κ3) is 7.18. The number of aromatic nitrogens is 1. The van der Waals surface area contributed by atoms with Crippen LogP contribution in [-0.2, 0) is 20.9 Å². The number of rotatable bonds is 5. The molecule has 3 aliphatic rings. The number of likely N-dealkylation sites (tertiary alicyclic amines) is 2. The van der Waals surface area contributed by atoms with Crippen LogP contribution >= 0.6 is 0 Å². The van der Waals surface area contributed by atoms with E-state index in [0.717, 1.165) is 31.5 Å². The van der Waals surface area contributed by atoms with E-state index in [2.05, 4.69) is 20.4 Å². The number of oxime groups is 1. The second-order valence-electron chi connectivity index (χ2n) is 12.4. The van der Waals surface area contributed by atoms with Gasteiger partial charge in [-0.15, -0.1) is 0 Å². The summed E-state index contributed by atoms with van der Waals surface area (Å²) in [5.41, 5.74) is 1.27. The molecule has 42 heavy (non-hydrogen) atoms. The van der Waals surface area contributed by atoms with Crippen molar-refractivity contribution in [1.29, 1.82) is 0 Å². The summed E-state index contributed by atoms with van der Waals surface area (Å²) in [5.74, 6) is 0.921. The predicted octanol–water partition coefficient (Wildman–Crippen LogP) is 4.97. The SMILES string of the molecule is CO/N=C1\CC2(CCN(C(=O)C3CCN(Cc4ccnc(NC(=O)OC(C)(C)C)c4)CC3)CC2)Oc2ccc(F)cc21. The van der Waals surface area contributed by atoms with Crippen LogP contribution in [-0.4, -0.2) is 77.0 Å². The van der Waals surface area contributed by atoms with Gasteiger partial charge in [-0.1, -0.05) is 5.16 Å². The Morgan fingerprint density at radius 1 is 1.14 bits per heavy atom. The maximum Gasteiger partial charge on any atom is 0.413 e. The summed E-state index contributed by atoms with van der Waals surface area (Å²) in [7, 11) is 1.49. The summed E-state index contributed by atoms with van der Waals surface area (Å²) in [6, 6.07) is 8.26. The summed E-state index contributed by atoms with van der Waals surface area (Å²) in [4.78, 5) is 39.1. The van der Waals surface area contributed by atoms with Crippen molar-refractivity contribution in [3.63, 3.8) is 0 Å². The molecule has 226 valence electrons. The number of nitrogens with one attached hydrogen (secondary N) is 1. The highest BCUT2D eigenvalue weighted by molar-refractivity contribution is 6.04. The van der Waals surface area contributed by atoms with Crippen molar-refractivity contribution in [2.24, 2.45) is 11.1 Å². The first-order valence-corrected chi connectivity index (χ1v) is 14.6. The lowest BCUT2D eigenvalue weighted by atomic mass is 9.81. The minimum Gasteiger partial charge on any atom is -0.486 e. The smallest absolute Gasteiger partial charge is 0.413 e. The van der Waals surface area contributed by atoms with E-state index in [0.29, 0.717) is 61.7 Å². The van der Waals surface area contributed by atoms with E-state index in [1.807, 2.05) is 37.8 Å². The fourth-order valence-corrected chi connectivity index (χ4v) is 6.00. The molecule has 0 aliphatic carbocycles. The van der Waals surface area contributed by atoms with E-state index in [-0.39, 0.29) is 17.6 Å². The molecule has 1 spiro atoms. The van der Waals surface area contributed by atoms with Gasteiger partial charge < -0.3 is 19.2 Å². The Bertz CT molecular complexity index is 1330. The van der Waals surface area contributed by atoms with Crippen LogP contribution in [0.5, 0.6) is 5.75 Å². The van der Waals surface area contributed by atoms with Gasteiger partial charge in [-0.3, -0.25) is 15.0 Å². The van der Waals surface area contributed by atoms with Crippen molar-refractivity contribution in [1.82, 2.24) is 14.8 Å². The molecule has 1 aromatic carbocycles. The molecule has 5 rings (SSSR count). The van der Waals surface area contributed by atoms with Crippen LogP contribution in [0.1, 0.15) is 64.0 Å². The first-order chi connectivity index (χ1) is 20.0. The lowest BCUT2D eigenvalue weighted by Gasteiger charge is -2.45. The van der Waals surface area contributed by atoms with Gasteiger partial charge in [-0.05, 0) is 82.6 Å². The van der Waals surface area contributed by atoms with E-state index in [1.165, 1.54) is 19.2 Å². The average molecular weight is 582 g/mol. The molecule has 0 radical (unpaired) electrons. The standard InChI is InChI=1S/C31H40FN5O5/c1-30(2,3)42-29(39)34-27-17-21(7-12-33-27)20-36-13-8-22(9-14-36)28(38)37-15-10-31(11-16-37)19-25(35-40-4)24-18-23(32)5-6-26(24)41-31/h5-7,12,17-18,22H,8-11,13-16,19-20H2,1-4H3,(H,33,34,39)/b35-25+. The van der Waals surface area contributed by atoms with Gasteiger partial charge >= 0.3 is 6.09 Å². The molecule has 2 amide bonds. The number of halogens is 1. The zero-order chi connectivity index (χ0) is 29.9. The molecule has 4 heterocycles. The van der Waals surface area contributed by atoms with E-state index in [4.69, 9.17) is 14.3 Å². The van der Waals surface area contributed by atoms with Gasteiger partial charge in [0, 0.05) is 56.6 Å². The molecule has 2 fully saturated rings. The number of piperidine rings is 2. The van der Waals surface area contributed by atoms with Crippen molar-refractivity contribution >= 4 is 23.5 Å². The predicted molar refractivity (Wildman–Crippen MR) is 156 cm³/mol. The third-order valence-electron chi connectivity index (χ3n) is 8.05. The van der Waals surface area contributed by atoms with Gasteiger partial charge in [0.1, 0.15) is 35.7 Å². The van der Waals surface area contributed by atoms with Crippen LogP contribution < -0.4 is 10.1 Å². The number of amides is 2.